The average molecular weight is 450 g/mol. The van der Waals surface area contributed by atoms with Crippen LogP contribution in [0.1, 0.15) is 53.4 Å². The molecule has 0 bridgehead atoms. The Labute approximate surface area is 181 Å². The third-order valence-corrected chi connectivity index (χ3v) is 7.41. The van der Waals surface area contributed by atoms with Crippen LogP contribution in [0.15, 0.2) is 24.3 Å². The van der Waals surface area contributed by atoms with Gasteiger partial charge in [0.25, 0.3) is 5.91 Å². The quantitative estimate of drug-likeness (QED) is 0.754. The van der Waals surface area contributed by atoms with Gasteiger partial charge in [0.15, 0.2) is 0 Å². The van der Waals surface area contributed by atoms with E-state index in [1.165, 1.54) is 32.1 Å². The Hall–Kier alpha value is -2.20. The molecule has 0 spiro atoms. The second-order valence-corrected chi connectivity index (χ2v) is 10.7. The van der Waals surface area contributed by atoms with Gasteiger partial charge in [0.1, 0.15) is 5.01 Å². The number of anilines is 2. The molecule has 10 heteroatoms. The number of hydrogen-bond donors (Lipinski definition) is 1. The first-order valence-corrected chi connectivity index (χ1v) is 13.1. The highest BCUT2D eigenvalue weighted by Crippen LogP contribution is 2.36. The molecule has 1 aromatic heterocycles. The van der Waals surface area contributed by atoms with Crippen molar-refractivity contribution in [3.05, 3.63) is 34.8 Å². The number of carbonyl (C=O) groups is 1. The molecule has 0 radical (unpaired) electrons. The van der Waals surface area contributed by atoms with Crippen LogP contribution in [0.5, 0.6) is 0 Å². The van der Waals surface area contributed by atoms with Gasteiger partial charge in [0.05, 0.1) is 6.26 Å². The van der Waals surface area contributed by atoms with Crippen molar-refractivity contribution in [2.24, 2.45) is 0 Å². The minimum atomic E-state index is -3.33. The molecule has 1 saturated carbocycles. The largest absolute Gasteiger partial charge is 0.343 e. The SMILES string of the molecule is CS(=O)(=O)Nc1ccc(C(=O)N2CCN(c3nnc(C4CCCCC4)s3)CC2)cc1. The number of piperazine rings is 1. The van der Waals surface area contributed by atoms with E-state index in [0.717, 1.165) is 29.5 Å². The normalized spacial score (nSPS) is 18.4. The molecule has 2 heterocycles. The summed E-state index contributed by atoms with van der Waals surface area (Å²) in [6.45, 7) is 2.72. The van der Waals surface area contributed by atoms with Crippen LogP contribution >= 0.6 is 11.3 Å². The molecule has 1 aliphatic carbocycles. The highest BCUT2D eigenvalue weighted by Gasteiger charge is 2.26. The number of rotatable bonds is 5. The van der Waals surface area contributed by atoms with Crippen LogP contribution in [0.4, 0.5) is 10.8 Å². The van der Waals surface area contributed by atoms with E-state index in [1.54, 1.807) is 35.6 Å². The molecule has 2 fully saturated rings. The second-order valence-electron chi connectivity index (χ2n) is 7.99. The smallest absolute Gasteiger partial charge is 0.253 e. The van der Waals surface area contributed by atoms with Crippen LogP contribution in [0.25, 0.3) is 0 Å². The molecular weight excluding hydrogens is 422 g/mol. The summed E-state index contributed by atoms with van der Waals surface area (Å²) >= 11 is 1.70. The van der Waals surface area contributed by atoms with Gasteiger partial charge in [-0.25, -0.2) is 8.42 Å². The molecule has 1 saturated heterocycles. The maximum Gasteiger partial charge on any atom is 0.253 e. The molecule has 2 aliphatic rings. The molecule has 1 amide bonds. The fourth-order valence-corrected chi connectivity index (χ4v) is 5.68. The lowest BCUT2D eigenvalue weighted by Crippen LogP contribution is -2.48. The van der Waals surface area contributed by atoms with Crippen LogP contribution in [-0.2, 0) is 10.0 Å². The number of hydrogen-bond acceptors (Lipinski definition) is 7. The van der Waals surface area contributed by atoms with Crippen molar-refractivity contribution in [3.8, 4) is 0 Å². The lowest BCUT2D eigenvalue weighted by atomic mass is 9.90. The van der Waals surface area contributed by atoms with Gasteiger partial charge in [0, 0.05) is 43.3 Å². The van der Waals surface area contributed by atoms with Gasteiger partial charge in [-0.3, -0.25) is 9.52 Å². The minimum absolute atomic E-state index is 0.0410. The molecule has 1 aromatic carbocycles. The predicted molar refractivity (Wildman–Crippen MR) is 119 cm³/mol. The molecule has 4 rings (SSSR count). The second kappa shape index (κ2) is 8.89. The van der Waals surface area contributed by atoms with E-state index >= 15 is 0 Å². The summed E-state index contributed by atoms with van der Waals surface area (Å²) < 4.78 is 25.0. The Morgan fingerprint density at radius 3 is 2.33 bits per heavy atom. The van der Waals surface area contributed by atoms with Crippen molar-refractivity contribution in [2.45, 2.75) is 38.0 Å². The van der Waals surface area contributed by atoms with Crippen molar-refractivity contribution < 1.29 is 13.2 Å². The van der Waals surface area contributed by atoms with Crippen molar-refractivity contribution >= 4 is 38.1 Å². The highest BCUT2D eigenvalue weighted by atomic mass is 32.2. The maximum atomic E-state index is 12.8. The number of sulfonamides is 1. The molecule has 2 aromatic rings. The van der Waals surface area contributed by atoms with Crippen molar-refractivity contribution in [1.29, 1.82) is 0 Å². The van der Waals surface area contributed by atoms with Crippen LogP contribution in [0, 0.1) is 0 Å². The standard InChI is InChI=1S/C20H27N5O3S2/c1-30(27,28)23-17-9-7-16(8-10-17)19(26)24-11-13-25(14-12-24)20-22-21-18(29-20)15-5-3-2-4-6-15/h7-10,15,23H,2-6,11-14H2,1H3. The van der Waals surface area contributed by atoms with Crippen LogP contribution in [0.2, 0.25) is 0 Å². The fourth-order valence-electron chi connectivity index (χ4n) is 4.05. The Balaban J connectivity index is 1.33. The van der Waals surface area contributed by atoms with Gasteiger partial charge < -0.3 is 9.80 Å². The zero-order chi connectivity index (χ0) is 21.1. The maximum absolute atomic E-state index is 12.8. The summed E-state index contributed by atoms with van der Waals surface area (Å²) in [4.78, 5) is 16.8. The van der Waals surface area contributed by atoms with Crippen LogP contribution in [0.3, 0.4) is 0 Å². The number of benzene rings is 1. The lowest BCUT2D eigenvalue weighted by molar-refractivity contribution is 0.0747. The monoisotopic (exact) mass is 449 g/mol. The van der Waals surface area contributed by atoms with E-state index < -0.39 is 10.0 Å². The number of nitrogens with one attached hydrogen (secondary N) is 1. The summed E-state index contributed by atoms with van der Waals surface area (Å²) in [5, 5.41) is 11.0. The summed E-state index contributed by atoms with van der Waals surface area (Å²) in [6, 6.07) is 6.53. The van der Waals surface area contributed by atoms with Crippen LogP contribution < -0.4 is 9.62 Å². The molecule has 8 nitrogen and oxygen atoms in total. The van der Waals surface area contributed by atoms with Crippen molar-refractivity contribution in [3.63, 3.8) is 0 Å². The van der Waals surface area contributed by atoms with E-state index in [0.29, 0.717) is 30.3 Å². The molecule has 1 N–H and O–H groups in total. The van der Waals surface area contributed by atoms with Gasteiger partial charge in [0.2, 0.25) is 15.2 Å². The lowest BCUT2D eigenvalue weighted by Gasteiger charge is -2.34. The first kappa shape index (κ1) is 21.0. The topological polar surface area (TPSA) is 95.5 Å². The Morgan fingerprint density at radius 1 is 1.03 bits per heavy atom. The summed E-state index contributed by atoms with van der Waals surface area (Å²) in [5.74, 6) is 0.522. The van der Waals surface area contributed by atoms with Gasteiger partial charge in [-0.15, -0.1) is 10.2 Å². The first-order chi connectivity index (χ1) is 14.4. The van der Waals surface area contributed by atoms with Gasteiger partial charge >= 0.3 is 0 Å². The number of carbonyl (C=O) groups excluding carboxylic acids is 1. The minimum Gasteiger partial charge on any atom is -0.343 e. The number of amides is 1. The van der Waals surface area contributed by atoms with E-state index in [-0.39, 0.29) is 5.91 Å². The molecule has 30 heavy (non-hydrogen) atoms. The number of nitrogens with zero attached hydrogens (tertiary/aromatic N) is 4. The predicted octanol–water partition coefficient (Wildman–Crippen LogP) is 2.92. The molecule has 0 atom stereocenters. The molecule has 0 unspecified atom stereocenters. The van der Waals surface area contributed by atoms with E-state index in [4.69, 9.17) is 0 Å². The van der Waals surface area contributed by atoms with Crippen molar-refractivity contribution in [2.75, 3.05) is 42.1 Å². The van der Waals surface area contributed by atoms with Gasteiger partial charge in [-0.2, -0.15) is 0 Å². The summed E-state index contributed by atoms with van der Waals surface area (Å²) in [5.41, 5.74) is 1.00. The third-order valence-electron chi connectivity index (χ3n) is 5.66. The van der Waals surface area contributed by atoms with Crippen molar-refractivity contribution in [1.82, 2.24) is 15.1 Å². The van der Waals surface area contributed by atoms with E-state index in [9.17, 15) is 13.2 Å². The van der Waals surface area contributed by atoms with Gasteiger partial charge in [-0.05, 0) is 37.1 Å². The Bertz CT molecular complexity index is 976. The first-order valence-electron chi connectivity index (χ1n) is 10.3. The molecule has 1 aliphatic heterocycles. The van der Waals surface area contributed by atoms with Gasteiger partial charge in [-0.1, -0.05) is 30.6 Å². The molecule has 162 valence electrons. The van der Waals surface area contributed by atoms with Crippen LogP contribution in [-0.4, -0.2) is 61.9 Å². The Morgan fingerprint density at radius 2 is 1.70 bits per heavy atom. The Kier molecular flexibility index (Phi) is 6.24. The zero-order valence-corrected chi connectivity index (χ0v) is 18.7. The third kappa shape index (κ3) is 5.10. The van der Waals surface area contributed by atoms with E-state index in [2.05, 4.69) is 19.8 Å². The average Bonchev–Trinajstić information content (AvgIpc) is 3.24. The van der Waals surface area contributed by atoms with E-state index in [1.807, 2.05) is 4.90 Å². The highest BCUT2D eigenvalue weighted by molar-refractivity contribution is 7.92. The zero-order valence-electron chi connectivity index (χ0n) is 17.1. The fraction of sp³-hybridized carbons (Fsp3) is 0.550. The number of aromatic nitrogens is 2. The summed E-state index contributed by atoms with van der Waals surface area (Å²) in [6.07, 6.45) is 7.43. The molecular formula is C20H27N5O3S2. The summed E-state index contributed by atoms with van der Waals surface area (Å²) in [7, 11) is -3.33.